The van der Waals surface area contributed by atoms with Gasteiger partial charge in [-0.2, -0.15) is 0 Å². The SMILES string of the molecule is Bc1c(B)c(B)c(C(=O)Nc2cc3cc(-c4cnc(C)n4C)ccc3nn2)c(Cl)c1B. The fraction of sp³-hybridized carbons (Fsp3) is 0.100. The number of amides is 1. The topological polar surface area (TPSA) is 72.7 Å². The van der Waals surface area contributed by atoms with Gasteiger partial charge in [0.25, 0.3) is 5.91 Å². The molecule has 0 aliphatic rings. The van der Waals surface area contributed by atoms with Gasteiger partial charge < -0.3 is 9.88 Å². The van der Waals surface area contributed by atoms with Gasteiger partial charge in [0, 0.05) is 23.0 Å². The molecule has 0 radical (unpaired) electrons. The van der Waals surface area contributed by atoms with Crippen molar-refractivity contribution in [3.05, 3.63) is 46.9 Å². The molecule has 0 fully saturated rings. The number of halogens is 1. The van der Waals surface area contributed by atoms with Gasteiger partial charge in [-0.3, -0.25) is 4.79 Å². The van der Waals surface area contributed by atoms with E-state index in [9.17, 15) is 4.79 Å². The van der Waals surface area contributed by atoms with Crippen molar-refractivity contribution in [1.29, 1.82) is 0 Å². The first-order valence-electron chi connectivity index (χ1n) is 10.0. The summed E-state index contributed by atoms with van der Waals surface area (Å²) >= 11 is 6.53. The number of hydrogen-bond donors (Lipinski definition) is 1. The van der Waals surface area contributed by atoms with Gasteiger partial charge in [0.2, 0.25) is 0 Å². The molecule has 2 heterocycles. The van der Waals surface area contributed by atoms with Gasteiger partial charge in [0.15, 0.2) is 5.82 Å². The van der Waals surface area contributed by atoms with Gasteiger partial charge in [-0.1, -0.05) is 28.6 Å². The van der Waals surface area contributed by atoms with Gasteiger partial charge >= 0.3 is 0 Å². The van der Waals surface area contributed by atoms with E-state index in [1.165, 1.54) is 0 Å². The van der Waals surface area contributed by atoms with E-state index in [2.05, 4.69) is 20.5 Å². The Morgan fingerprint density at radius 2 is 1.74 bits per heavy atom. The van der Waals surface area contributed by atoms with Gasteiger partial charge in [0.05, 0.1) is 23.0 Å². The second kappa shape index (κ2) is 7.93. The number of aryl methyl sites for hydroxylation is 1. The van der Waals surface area contributed by atoms with Crippen molar-refractivity contribution in [3.63, 3.8) is 0 Å². The van der Waals surface area contributed by atoms with Crippen LogP contribution in [-0.2, 0) is 7.05 Å². The number of carbonyl (C=O) groups excluding carboxylic acids is 1. The van der Waals surface area contributed by atoms with E-state index in [1.807, 2.05) is 80.4 Å². The number of benzene rings is 2. The Kier molecular flexibility index (Phi) is 5.43. The monoisotopic (exact) mass is 425 g/mol. The summed E-state index contributed by atoms with van der Waals surface area (Å²) in [6.45, 7) is 1.96. The van der Waals surface area contributed by atoms with E-state index in [1.54, 1.807) is 0 Å². The Morgan fingerprint density at radius 1 is 1.03 bits per heavy atom. The van der Waals surface area contributed by atoms with Crippen LogP contribution in [-0.4, -0.2) is 57.0 Å². The number of anilines is 1. The summed E-state index contributed by atoms with van der Waals surface area (Å²) < 4.78 is 2.03. The summed E-state index contributed by atoms with van der Waals surface area (Å²) in [6, 6.07) is 7.75. The molecule has 0 atom stereocenters. The molecule has 1 N–H and O–H groups in total. The lowest BCUT2D eigenvalue weighted by Crippen LogP contribution is -2.50. The van der Waals surface area contributed by atoms with Crippen LogP contribution in [0.5, 0.6) is 0 Å². The van der Waals surface area contributed by atoms with Crippen molar-refractivity contribution in [2.45, 2.75) is 6.92 Å². The normalized spacial score (nSPS) is 11.1. The van der Waals surface area contributed by atoms with Crippen LogP contribution >= 0.6 is 11.6 Å². The molecule has 1 amide bonds. The van der Waals surface area contributed by atoms with Gasteiger partial charge in [-0.25, -0.2) is 4.98 Å². The molecule has 6 nitrogen and oxygen atoms in total. The van der Waals surface area contributed by atoms with Crippen LogP contribution in [0.15, 0.2) is 30.5 Å². The lowest BCUT2D eigenvalue weighted by Gasteiger charge is -2.17. The van der Waals surface area contributed by atoms with Crippen molar-refractivity contribution in [2.75, 3.05) is 5.32 Å². The van der Waals surface area contributed by atoms with E-state index in [4.69, 9.17) is 11.6 Å². The van der Waals surface area contributed by atoms with Crippen molar-refractivity contribution in [3.8, 4) is 11.3 Å². The molecule has 4 rings (SSSR count). The quantitative estimate of drug-likeness (QED) is 0.363. The molecular weight excluding hydrogens is 405 g/mol. The Bertz CT molecular complexity index is 1340. The minimum absolute atomic E-state index is 0.291. The maximum atomic E-state index is 13.1. The molecule has 0 spiro atoms. The molecular formula is C20H20B4ClN5O. The average molecular weight is 425 g/mol. The van der Waals surface area contributed by atoms with Crippen molar-refractivity contribution in [2.24, 2.45) is 7.05 Å². The lowest BCUT2D eigenvalue weighted by atomic mass is 9.65. The highest BCUT2D eigenvalue weighted by atomic mass is 35.5. The fourth-order valence-corrected chi connectivity index (χ4v) is 4.12. The number of rotatable bonds is 3. The summed E-state index contributed by atoms with van der Waals surface area (Å²) in [5.41, 5.74) is 7.19. The van der Waals surface area contributed by atoms with Crippen molar-refractivity contribution >= 4 is 87.5 Å². The zero-order chi connectivity index (χ0) is 22.4. The van der Waals surface area contributed by atoms with Gasteiger partial charge in [-0.05, 0) is 25.1 Å². The maximum Gasteiger partial charge on any atom is 0.257 e. The van der Waals surface area contributed by atoms with Crippen LogP contribution in [0.25, 0.3) is 22.2 Å². The first kappa shape index (κ1) is 21.2. The van der Waals surface area contributed by atoms with Gasteiger partial charge in [0.1, 0.15) is 37.2 Å². The Balaban J connectivity index is 1.71. The molecule has 11 heteroatoms. The third-order valence-corrected chi connectivity index (χ3v) is 6.65. The smallest absolute Gasteiger partial charge is 0.257 e. The van der Waals surface area contributed by atoms with Gasteiger partial charge in [-0.15, -0.1) is 21.1 Å². The third-order valence-electron chi connectivity index (χ3n) is 6.18. The van der Waals surface area contributed by atoms with Crippen LogP contribution < -0.4 is 27.2 Å². The summed E-state index contributed by atoms with van der Waals surface area (Å²) in [7, 11) is 9.84. The zero-order valence-corrected chi connectivity index (χ0v) is 19.2. The highest BCUT2D eigenvalue weighted by molar-refractivity contribution is 6.66. The highest BCUT2D eigenvalue weighted by Gasteiger charge is 2.19. The number of aromatic nitrogens is 4. The number of hydrogen-bond acceptors (Lipinski definition) is 4. The van der Waals surface area contributed by atoms with Crippen molar-refractivity contribution < 1.29 is 4.79 Å². The second-order valence-corrected chi connectivity index (χ2v) is 8.27. The molecule has 4 aromatic rings. The first-order valence-corrected chi connectivity index (χ1v) is 10.4. The largest absolute Gasteiger partial charge is 0.331 e. The van der Waals surface area contributed by atoms with E-state index >= 15 is 0 Å². The standard InChI is InChI=1S/C20H20B4ClN5O/c1-8-26-7-12(30(8)2)9-3-4-11-10(5-9)6-13(29-28-11)27-20(31)14-15(21)16(22)17(23)18(24)19(14)25/h3-7H,21-24H2,1-2H3,(H,27,29,31). The molecule has 150 valence electrons. The third kappa shape index (κ3) is 3.65. The lowest BCUT2D eigenvalue weighted by molar-refractivity contribution is 0.102. The van der Waals surface area contributed by atoms with Crippen LogP contribution in [0.4, 0.5) is 5.82 Å². The van der Waals surface area contributed by atoms with Crippen molar-refractivity contribution in [1.82, 2.24) is 19.7 Å². The minimum Gasteiger partial charge on any atom is -0.331 e. The minimum atomic E-state index is -0.291. The highest BCUT2D eigenvalue weighted by Crippen LogP contribution is 2.25. The average Bonchev–Trinajstić information content (AvgIpc) is 3.09. The fourth-order valence-electron chi connectivity index (χ4n) is 3.75. The number of nitrogens with one attached hydrogen (secondary N) is 1. The number of nitrogens with zero attached hydrogens (tertiary/aromatic N) is 4. The molecule has 0 unspecified atom stereocenters. The second-order valence-electron chi connectivity index (χ2n) is 7.90. The number of carbonyl (C=O) groups is 1. The van der Waals surface area contributed by atoms with E-state index in [-0.39, 0.29) is 5.91 Å². The van der Waals surface area contributed by atoms with E-state index in [0.29, 0.717) is 16.4 Å². The van der Waals surface area contributed by atoms with Crippen LogP contribution in [0.2, 0.25) is 5.02 Å². The number of imidazole rings is 1. The summed E-state index contributed by atoms with van der Waals surface area (Å²) in [5.74, 6) is 1.02. The summed E-state index contributed by atoms with van der Waals surface area (Å²) in [6.07, 6.45) is 1.85. The molecule has 2 aromatic carbocycles. The molecule has 0 aliphatic carbocycles. The summed E-state index contributed by atoms with van der Waals surface area (Å²) in [5, 5.41) is 12.7. The number of fused-ring (bicyclic) bond motifs is 1. The molecule has 31 heavy (non-hydrogen) atoms. The molecule has 0 aliphatic heterocycles. The molecule has 2 aromatic heterocycles. The maximum absolute atomic E-state index is 13.1. The van der Waals surface area contributed by atoms with Crippen LogP contribution in [0.3, 0.4) is 0 Å². The zero-order valence-electron chi connectivity index (χ0n) is 18.5. The first-order chi connectivity index (χ1) is 14.7. The van der Waals surface area contributed by atoms with E-state index in [0.717, 1.165) is 49.8 Å². The summed E-state index contributed by atoms with van der Waals surface area (Å²) in [4.78, 5) is 17.4. The molecule has 0 saturated heterocycles. The Hall–Kier alpha value is -2.99. The molecule has 0 bridgehead atoms. The predicted molar refractivity (Wildman–Crippen MR) is 139 cm³/mol. The predicted octanol–water partition coefficient (Wildman–Crippen LogP) is -2.72. The van der Waals surface area contributed by atoms with Crippen LogP contribution in [0, 0.1) is 6.92 Å². The Morgan fingerprint density at radius 3 is 2.42 bits per heavy atom. The molecule has 0 saturated carbocycles. The van der Waals surface area contributed by atoms with E-state index < -0.39 is 0 Å². The van der Waals surface area contributed by atoms with Crippen LogP contribution in [0.1, 0.15) is 16.2 Å². The Labute approximate surface area is 189 Å².